The molecule has 2 rings (SSSR count). The van der Waals surface area contributed by atoms with Crippen LogP contribution in [0.25, 0.3) is 0 Å². The average molecular weight is 277 g/mol. The van der Waals surface area contributed by atoms with E-state index in [1.165, 1.54) is 4.90 Å². The Morgan fingerprint density at radius 1 is 1.11 bits per heavy atom. The zero-order valence-corrected chi connectivity index (χ0v) is 10.1. The molecule has 1 aromatic rings. The van der Waals surface area contributed by atoms with Gasteiger partial charge in [0, 0.05) is 35.4 Å². The van der Waals surface area contributed by atoms with E-state index in [0.29, 0.717) is 17.6 Å². The molecule has 0 unspecified atom stereocenters. The molecule has 3 nitrogen and oxygen atoms in total. The number of halogens is 3. The van der Waals surface area contributed by atoms with E-state index in [4.69, 9.17) is 0 Å². The first-order valence-corrected chi connectivity index (χ1v) is 6.77. The first-order valence-electron chi connectivity index (χ1n) is 5.28. The lowest BCUT2D eigenvalue weighted by Gasteiger charge is -2.26. The summed E-state index contributed by atoms with van der Waals surface area (Å²) in [6, 6.07) is 1.63. The monoisotopic (exact) mass is 277 g/mol. The quantitative estimate of drug-likeness (QED) is 0.726. The van der Waals surface area contributed by atoms with Gasteiger partial charge in [-0.1, -0.05) is 0 Å². The van der Waals surface area contributed by atoms with Gasteiger partial charge in [-0.15, -0.1) is 0 Å². The predicted molar refractivity (Wildman–Crippen MR) is 60.1 cm³/mol. The molecule has 0 saturated carbocycles. The van der Waals surface area contributed by atoms with Crippen LogP contribution in [0.2, 0.25) is 0 Å². The first-order chi connectivity index (χ1) is 8.50. The largest absolute Gasteiger partial charge is 0.337 e. The number of nitrogens with zero attached hydrogens (tertiary/aromatic N) is 1. The summed E-state index contributed by atoms with van der Waals surface area (Å²) >= 11 is 0. The zero-order valence-electron chi connectivity index (χ0n) is 9.29. The smallest absolute Gasteiger partial charge is 0.257 e. The number of rotatable bonds is 1. The highest BCUT2D eigenvalue weighted by atomic mass is 32.2. The van der Waals surface area contributed by atoms with Crippen molar-refractivity contribution >= 4 is 16.7 Å². The number of carbonyl (C=O) groups is 1. The second kappa shape index (κ2) is 5.09. The molecule has 1 amide bonds. The fraction of sp³-hybridized carbons (Fsp3) is 0.364. The van der Waals surface area contributed by atoms with Gasteiger partial charge in [0.1, 0.15) is 0 Å². The summed E-state index contributed by atoms with van der Waals surface area (Å²) in [6.45, 7) is 0.452. The molecule has 1 heterocycles. The Labute approximate surface area is 104 Å². The molecule has 1 saturated heterocycles. The van der Waals surface area contributed by atoms with E-state index in [0.717, 1.165) is 6.07 Å². The number of hydrogen-bond acceptors (Lipinski definition) is 2. The average Bonchev–Trinajstić information content (AvgIpc) is 2.36. The molecule has 0 N–H and O–H groups in total. The molecule has 1 fully saturated rings. The molecule has 7 heteroatoms. The summed E-state index contributed by atoms with van der Waals surface area (Å²) in [4.78, 5) is 13.2. The topological polar surface area (TPSA) is 37.4 Å². The zero-order chi connectivity index (χ0) is 13.3. The van der Waals surface area contributed by atoms with Crippen LogP contribution in [0.4, 0.5) is 13.2 Å². The van der Waals surface area contributed by atoms with Crippen LogP contribution in [-0.4, -0.2) is 39.6 Å². The van der Waals surface area contributed by atoms with Gasteiger partial charge in [-0.2, -0.15) is 0 Å². The van der Waals surface area contributed by atoms with E-state index >= 15 is 0 Å². The summed E-state index contributed by atoms with van der Waals surface area (Å²) < 4.78 is 50.3. The number of hydrogen-bond donors (Lipinski definition) is 0. The third-order valence-corrected chi connectivity index (χ3v) is 4.01. The minimum Gasteiger partial charge on any atom is -0.337 e. The molecule has 18 heavy (non-hydrogen) atoms. The predicted octanol–water partition coefficient (Wildman–Crippen LogP) is 1.31. The molecule has 1 aliphatic heterocycles. The third-order valence-electron chi connectivity index (χ3n) is 2.73. The summed E-state index contributed by atoms with van der Waals surface area (Å²) in [5, 5.41) is 0. The molecular formula is C11H10F3NO2S. The highest BCUT2D eigenvalue weighted by Gasteiger charge is 2.25. The van der Waals surface area contributed by atoms with Crippen molar-refractivity contribution in [1.29, 1.82) is 0 Å². The summed E-state index contributed by atoms with van der Waals surface area (Å²) in [5.74, 6) is -4.53. The van der Waals surface area contributed by atoms with Gasteiger partial charge in [0.15, 0.2) is 17.5 Å². The van der Waals surface area contributed by atoms with Crippen LogP contribution in [0.5, 0.6) is 0 Å². The van der Waals surface area contributed by atoms with Crippen molar-refractivity contribution in [2.75, 3.05) is 24.6 Å². The second-order valence-electron chi connectivity index (χ2n) is 3.86. The lowest BCUT2D eigenvalue weighted by atomic mass is 10.1. The Hall–Kier alpha value is -1.37. The van der Waals surface area contributed by atoms with Crippen LogP contribution < -0.4 is 0 Å². The standard InChI is InChI=1S/C11H10F3NO2S/c12-8-2-1-7(9(13)10(8)14)11(16)15-3-5-18(17)6-4-15/h1-2H,3-6H2. The van der Waals surface area contributed by atoms with Gasteiger partial charge >= 0.3 is 0 Å². The first kappa shape index (κ1) is 13.1. The molecule has 98 valence electrons. The Kier molecular flexibility index (Phi) is 3.70. The number of benzene rings is 1. The maximum atomic E-state index is 13.4. The summed E-state index contributed by atoms with van der Waals surface area (Å²) in [7, 11) is -0.969. The molecule has 0 atom stereocenters. The Bertz CT molecular complexity index is 511. The minimum absolute atomic E-state index is 0.226. The molecule has 0 aromatic heterocycles. The van der Waals surface area contributed by atoms with Crippen LogP contribution >= 0.6 is 0 Å². The van der Waals surface area contributed by atoms with Crippen LogP contribution in [0.3, 0.4) is 0 Å². The fourth-order valence-corrected chi connectivity index (χ4v) is 2.75. The molecule has 0 bridgehead atoms. The van der Waals surface area contributed by atoms with E-state index in [-0.39, 0.29) is 13.1 Å². The summed E-state index contributed by atoms with van der Waals surface area (Å²) in [6.07, 6.45) is 0. The van der Waals surface area contributed by atoms with Gasteiger partial charge in [-0.25, -0.2) is 13.2 Å². The number of amides is 1. The SMILES string of the molecule is O=C(c1ccc(F)c(F)c1F)N1CCS(=O)CC1. The summed E-state index contributed by atoms with van der Waals surface area (Å²) in [5.41, 5.74) is -0.499. The molecule has 0 aliphatic carbocycles. The third kappa shape index (κ3) is 2.40. The van der Waals surface area contributed by atoms with E-state index in [9.17, 15) is 22.2 Å². The van der Waals surface area contributed by atoms with E-state index in [1.54, 1.807) is 0 Å². The van der Waals surface area contributed by atoms with Crippen molar-refractivity contribution in [1.82, 2.24) is 4.90 Å². The van der Waals surface area contributed by atoms with Crippen molar-refractivity contribution in [2.24, 2.45) is 0 Å². The van der Waals surface area contributed by atoms with Crippen LogP contribution in [0.15, 0.2) is 12.1 Å². The highest BCUT2D eigenvalue weighted by Crippen LogP contribution is 2.17. The molecule has 0 radical (unpaired) electrons. The Morgan fingerprint density at radius 3 is 2.33 bits per heavy atom. The van der Waals surface area contributed by atoms with Crippen molar-refractivity contribution in [3.05, 3.63) is 35.1 Å². The van der Waals surface area contributed by atoms with Crippen molar-refractivity contribution in [3.63, 3.8) is 0 Å². The highest BCUT2D eigenvalue weighted by molar-refractivity contribution is 7.85. The van der Waals surface area contributed by atoms with Gasteiger partial charge in [0.25, 0.3) is 5.91 Å². The normalized spacial score (nSPS) is 16.9. The maximum absolute atomic E-state index is 13.4. The molecule has 1 aliphatic rings. The fourth-order valence-electron chi connectivity index (χ4n) is 1.70. The molecule has 0 spiro atoms. The second-order valence-corrected chi connectivity index (χ2v) is 5.56. The Balaban J connectivity index is 2.24. The maximum Gasteiger partial charge on any atom is 0.257 e. The number of carbonyl (C=O) groups excluding carboxylic acids is 1. The van der Waals surface area contributed by atoms with Crippen LogP contribution in [0.1, 0.15) is 10.4 Å². The van der Waals surface area contributed by atoms with Gasteiger partial charge in [-0.05, 0) is 12.1 Å². The molecular weight excluding hydrogens is 267 g/mol. The lowest BCUT2D eigenvalue weighted by molar-refractivity contribution is 0.0765. The molecule has 1 aromatic carbocycles. The van der Waals surface area contributed by atoms with E-state index in [1.807, 2.05) is 0 Å². The van der Waals surface area contributed by atoms with Crippen LogP contribution in [-0.2, 0) is 10.8 Å². The van der Waals surface area contributed by atoms with Crippen molar-refractivity contribution in [3.8, 4) is 0 Å². The van der Waals surface area contributed by atoms with Crippen LogP contribution in [0, 0.1) is 17.5 Å². The van der Waals surface area contributed by atoms with Crippen molar-refractivity contribution < 1.29 is 22.2 Å². The van der Waals surface area contributed by atoms with Gasteiger partial charge in [-0.3, -0.25) is 9.00 Å². The van der Waals surface area contributed by atoms with E-state index < -0.39 is 39.7 Å². The van der Waals surface area contributed by atoms with Crippen molar-refractivity contribution in [2.45, 2.75) is 0 Å². The van der Waals surface area contributed by atoms with E-state index in [2.05, 4.69) is 0 Å². The lowest BCUT2D eigenvalue weighted by Crippen LogP contribution is -2.42. The minimum atomic E-state index is -1.65. The van der Waals surface area contributed by atoms with Gasteiger partial charge < -0.3 is 4.90 Å². The van der Waals surface area contributed by atoms with Gasteiger partial charge in [0.05, 0.1) is 5.56 Å². The Morgan fingerprint density at radius 2 is 1.72 bits per heavy atom. The van der Waals surface area contributed by atoms with Gasteiger partial charge in [0.2, 0.25) is 0 Å².